The smallest absolute Gasteiger partial charge is 0.317 e. The van der Waals surface area contributed by atoms with Gasteiger partial charge in [-0.3, -0.25) is 0 Å². The Hall–Kier alpha value is -1.61. The van der Waals surface area contributed by atoms with Crippen molar-refractivity contribution in [1.29, 1.82) is 0 Å². The Bertz CT molecular complexity index is 1040. The minimum Gasteiger partial charge on any atom is -0.317 e. The Labute approximate surface area is 192 Å². The van der Waals surface area contributed by atoms with Crippen LogP contribution in [-0.2, 0) is 28.2 Å². The van der Waals surface area contributed by atoms with E-state index in [-0.39, 0.29) is 33.5 Å². The number of rotatable bonds is 5. The number of hydrogen-bond acceptors (Lipinski definition) is 3. The average molecular weight is 489 g/mol. The molecular weight excluding hydrogens is 461 g/mol. The van der Waals surface area contributed by atoms with Crippen LogP contribution in [0.25, 0.3) is 0 Å². The minimum atomic E-state index is -4.57. The zero-order valence-corrected chi connectivity index (χ0v) is 19.9. The van der Waals surface area contributed by atoms with E-state index < -0.39 is 21.8 Å². The molecule has 32 heavy (non-hydrogen) atoms. The Balaban J connectivity index is 2.00. The summed E-state index contributed by atoms with van der Waals surface area (Å²) in [6.45, 7) is 7.21. The van der Waals surface area contributed by atoms with Gasteiger partial charge in [-0.2, -0.15) is 17.5 Å². The van der Waals surface area contributed by atoms with Crippen molar-refractivity contribution in [1.82, 2.24) is 9.62 Å². The molecule has 0 aromatic heterocycles. The SMILES string of the molecule is CC(C)(C)c1ccc(S(=O)(=O)N(Cc2cc(Cl)cc(C(F)(F)F)c2)C2CCNCC2)cc1. The van der Waals surface area contributed by atoms with Crippen molar-refractivity contribution >= 4 is 21.6 Å². The van der Waals surface area contributed by atoms with Gasteiger partial charge >= 0.3 is 6.18 Å². The second-order valence-electron chi connectivity index (χ2n) is 9.15. The normalized spacial score (nSPS) is 16.5. The number of benzene rings is 2. The fourth-order valence-electron chi connectivity index (χ4n) is 3.85. The molecule has 0 amide bonds. The highest BCUT2D eigenvalue weighted by Gasteiger charge is 2.35. The van der Waals surface area contributed by atoms with Crippen LogP contribution in [0.5, 0.6) is 0 Å². The fourth-order valence-corrected chi connectivity index (χ4v) is 5.78. The van der Waals surface area contributed by atoms with Gasteiger partial charge in [-0.1, -0.05) is 44.5 Å². The molecular formula is C23H28ClF3N2O2S. The van der Waals surface area contributed by atoms with Crippen molar-refractivity contribution in [3.63, 3.8) is 0 Å². The number of sulfonamides is 1. The maximum Gasteiger partial charge on any atom is 0.416 e. The fraction of sp³-hybridized carbons (Fsp3) is 0.478. The summed E-state index contributed by atoms with van der Waals surface area (Å²) < 4.78 is 68.4. The van der Waals surface area contributed by atoms with Crippen molar-refractivity contribution in [3.8, 4) is 0 Å². The van der Waals surface area contributed by atoms with E-state index in [0.29, 0.717) is 25.9 Å². The predicted octanol–water partition coefficient (Wildman–Crippen LogP) is 5.60. The molecule has 0 saturated carbocycles. The molecule has 1 heterocycles. The van der Waals surface area contributed by atoms with E-state index in [2.05, 4.69) is 5.32 Å². The summed E-state index contributed by atoms with van der Waals surface area (Å²) in [4.78, 5) is 0.127. The third-order valence-electron chi connectivity index (χ3n) is 5.67. The lowest BCUT2D eigenvalue weighted by molar-refractivity contribution is -0.137. The molecule has 0 aliphatic carbocycles. The Kier molecular flexibility index (Phi) is 7.29. The monoisotopic (exact) mass is 488 g/mol. The third-order valence-corrected chi connectivity index (χ3v) is 7.80. The molecule has 176 valence electrons. The van der Waals surface area contributed by atoms with Gasteiger partial charge in [0.25, 0.3) is 0 Å². The van der Waals surface area contributed by atoms with Gasteiger partial charge < -0.3 is 5.32 Å². The second kappa shape index (κ2) is 9.33. The summed E-state index contributed by atoms with van der Waals surface area (Å²) in [7, 11) is -3.94. The molecule has 0 radical (unpaired) electrons. The first-order valence-corrected chi connectivity index (χ1v) is 12.3. The van der Waals surface area contributed by atoms with Crippen LogP contribution in [0, 0.1) is 0 Å². The molecule has 1 N–H and O–H groups in total. The van der Waals surface area contributed by atoms with E-state index in [1.54, 1.807) is 24.3 Å². The zero-order chi connectivity index (χ0) is 23.7. The van der Waals surface area contributed by atoms with Crippen LogP contribution in [0.4, 0.5) is 13.2 Å². The van der Waals surface area contributed by atoms with Crippen molar-refractivity contribution in [3.05, 3.63) is 64.2 Å². The first-order valence-electron chi connectivity index (χ1n) is 10.5. The highest BCUT2D eigenvalue weighted by Crippen LogP contribution is 2.34. The number of nitrogens with zero attached hydrogens (tertiary/aromatic N) is 1. The van der Waals surface area contributed by atoms with Crippen LogP contribution in [0.15, 0.2) is 47.4 Å². The van der Waals surface area contributed by atoms with Gasteiger partial charge in [-0.05, 0) is 72.8 Å². The van der Waals surface area contributed by atoms with E-state index in [1.165, 1.54) is 10.4 Å². The van der Waals surface area contributed by atoms with Gasteiger partial charge in [0.2, 0.25) is 10.0 Å². The standard InChI is InChI=1S/C23H28ClF3N2O2S/c1-22(2,3)17-4-6-21(7-5-17)32(30,31)29(20-8-10-28-11-9-20)15-16-12-18(23(25,26)27)14-19(24)13-16/h4-7,12-14,20,28H,8-11,15H2,1-3H3. The van der Waals surface area contributed by atoms with Crippen LogP contribution >= 0.6 is 11.6 Å². The first kappa shape index (κ1) is 25.0. The second-order valence-corrected chi connectivity index (χ2v) is 11.5. The molecule has 2 aromatic rings. The molecule has 0 atom stereocenters. The van der Waals surface area contributed by atoms with Gasteiger partial charge in [0, 0.05) is 17.6 Å². The summed E-state index contributed by atoms with van der Waals surface area (Å²) >= 11 is 5.94. The van der Waals surface area contributed by atoms with Crippen LogP contribution < -0.4 is 5.32 Å². The number of piperidine rings is 1. The van der Waals surface area contributed by atoms with Crippen molar-refractivity contribution < 1.29 is 21.6 Å². The summed E-state index contributed by atoms with van der Waals surface area (Å²) in [6, 6.07) is 9.60. The minimum absolute atomic E-state index is 0.0768. The highest BCUT2D eigenvalue weighted by atomic mass is 35.5. The van der Waals surface area contributed by atoms with E-state index in [0.717, 1.165) is 17.7 Å². The summed E-state index contributed by atoms with van der Waals surface area (Å²) in [5.41, 5.74) is 0.177. The van der Waals surface area contributed by atoms with Crippen LogP contribution in [-0.4, -0.2) is 31.9 Å². The number of nitrogens with one attached hydrogen (secondary N) is 1. The predicted molar refractivity (Wildman–Crippen MR) is 120 cm³/mol. The topological polar surface area (TPSA) is 49.4 Å². The molecule has 9 heteroatoms. The maximum atomic E-state index is 13.6. The molecule has 2 aromatic carbocycles. The molecule has 1 fully saturated rings. The summed E-state index contributed by atoms with van der Waals surface area (Å²) in [6.07, 6.45) is -3.42. The van der Waals surface area contributed by atoms with E-state index in [1.807, 2.05) is 20.8 Å². The van der Waals surface area contributed by atoms with Crippen molar-refractivity contribution in [2.45, 2.75) is 62.7 Å². The lowest BCUT2D eigenvalue weighted by Gasteiger charge is -2.34. The lowest BCUT2D eigenvalue weighted by atomic mass is 9.87. The average Bonchev–Trinajstić information content (AvgIpc) is 2.71. The summed E-state index contributed by atoms with van der Waals surface area (Å²) in [5.74, 6) is 0. The quantitative estimate of drug-likeness (QED) is 0.596. The molecule has 1 aliphatic heterocycles. The van der Waals surface area contributed by atoms with Gasteiger partial charge in [0.15, 0.2) is 0 Å². The number of alkyl halides is 3. The van der Waals surface area contributed by atoms with Crippen LogP contribution in [0.3, 0.4) is 0 Å². The largest absolute Gasteiger partial charge is 0.416 e. The highest BCUT2D eigenvalue weighted by molar-refractivity contribution is 7.89. The Morgan fingerprint density at radius 3 is 2.12 bits per heavy atom. The van der Waals surface area contributed by atoms with E-state index in [9.17, 15) is 21.6 Å². The first-order chi connectivity index (χ1) is 14.8. The van der Waals surface area contributed by atoms with Gasteiger partial charge in [-0.15, -0.1) is 0 Å². The van der Waals surface area contributed by atoms with Gasteiger partial charge in [0.05, 0.1) is 10.5 Å². The molecule has 1 aliphatic rings. The third kappa shape index (κ3) is 5.84. The summed E-state index contributed by atoms with van der Waals surface area (Å²) in [5, 5.41) is 3.12. The van der Waals surface area contributed by atoms with E-state index >= 15 is 0 Å². The molecule has 0 unspecified atom stereocenters. The molecule has 0 spiro atoms. The zero-order valence-electron chi connectivity index (χ0n) is 18.3. The molecule has 3 rings (SSSR count). The van der Waals surface area contributed by atoms with Gasteiger partial charge in [-0.25, -0.2) is 8.42 Å². The lowest BCUT2D eigenvalue weighted by Crippen LogP contribution is -2.45. The molecule has 0 bridgehead atoms. The van der Waals surface area contributed by atoms with Crippen LogP contribution in [0.1, 0.15) is 50.3 Å². The number of hydrogen-bond donors (Lipinski definition) is 1. The van der Waals surface area contributed by atoms with Crippen LogP contribution in [0.2, 0.25) is 5.02 Å². The molecule has 1 saturated heterocycles. The molecule has 4 nitrogen and oxygen atoms in total. The van der Waals surface area contributed by atoms with Crippen molar-refractivity contribution in [2.24, 2.45) is 0 Å². The maximum absolute atomic E-state index is 13.6. The number of halogens is 4. The van der Waals surface area contributed by atoms with Gasteiger partial charge in [0.1, 0.15) is 0 Å². The van der Waals surface area contributed by atoms with Crippen molar-refractivity contribution in [2.75, 3.05) is 13.1 Å². The Morgan fingerprint density at radius 2 is 1.59 bits per heavy atom. The Morgan fingerprint density at radius 1 is 1.00 bits per heavy atom. The van der Waals surface area contributed by atoms with E-state index in [4.69, 9.17) is 11.6 Å².